The van der Waals surface area contributed by atoms with Gasteiger partial charge in [0, 0.05) is 18.1 Å². The molecule has 1 heterocycles. The van der Waals surface area contributed by atoms with Gasteiger partial charge in [-0.15, -0.1) is 0 Å². The second kappa shape index (κ2) is 7.16. The Morgan fingerprint density at radius 3 is 2.92 bits per heavy atom. The normalized spacial score (nSPS) is 26.6. The molecule has 0 spiro atoms. The third kappa shape index (κ3) is 3.30. The highest BCUT2D eigenvalue weighted by molar-refractivity contribution is 5.93. The van der Waals surface area contributed by atoms with Crippen molar-refractivity contribution in [2.75, 3.05) is 13.9 Å². The van der Waals surface area contributed by atoms with Crippen molar-refractivity contribution < 1.29 is 23.4 Å². The van der Waals surface area contributed by atoms with Crippen molar-refractivity contribution in [2.45, 2.75) is 45.1 Å². The maximum absolute atomic E-state index is 14.3. The predicted octanol–water partition coefficient (Wildman–Crippen LogP) is 4.03. The van der Waals surface area contributed by atoms with Crippen molar-refractivity contribution in [1.29, 1.82) is 0 Å². The molecule has 0 N–H and O–H groups in total. The Morgan fingerprint density at radius 2 is 2.24 bits per heavy atom. The van der Waals surface area contributed by atoms with Crippen molar-refractivity contribution in [3.63, 3.8) is 0 Å². The average Bonchev–Trinajstić information content (AvgIpc) is 3.01. The van der Waals surface area contributed by atoms with Crippen LogP contribution in [-0.4, -0.2) is 25.3 Å². The highest BCUT2D eigenvalue weighted by Crippen LogP contribution is 2.46. The lowest BCUT2D eigenvalue weighted by atomic mass is 9.71. The van der Waals surface area contributed by atoms with E-state index in [0.717, 1.165) is 12.8 Å². The summed E-state index contributed by atoms with van der Waals surface area (Å²) in [6, 6.07) is 4.90. The number of hydrogen-bond acceptors (Lipinski definition) is 4. The molecule has 136 valence electrons. The van der Waals surface area contributed by atoms with Crippen LogP contribution in [0.2, 0.25) is 0 Å². The smallest absolute Gasteiger partial charge is 0.189 e. The fourth-order valence-electron chi connectivity index (χ4n) is 3.92. The summed E-state index contributed by atoms with van der Waals surface area (Å²) in [6.07, 6.45) is 4.47. The van der Waals surface area contributed by atoms with Crippen molar-refractivity contribution >= 4 is 5.78 Å². The van der Waals surface area contributed by atoms with Gasteiger partial charge >= 0.3 is 0 Å². The monoisotopic (exact) mass is 348 g/mol. The third-order valence-corrected chi connectivity index (χ3v) is 5.39. The van der Waals surface area contributed by atoms with E-state index in [4.69, 9.17) is 14.2 Å². The van der Waals surface area contributed by atoms with E-state index < -0.39 is 5.60 Å². The van der Waals surface area contributed by atoms with Gasteiger partial charge in [-0.2, -0.15) is 0 Å². The minimum absolute atomic E-state index is 0.0170. The number of methoxy groups -OCH3 is 1. The van der Waals surface area contributed by atoms with Crippen molar-refractivity contribution in [3.8, 4) is 5.75 Å². The van der Waals surface area contributed by atoms with Gasteiger partial charge < -0.3 is 14.2 Å². The van der Waals surface area contributed by atoms with Gasteiger partial charge in [-0.05, 0) is 36.8 Å². The zero-order valence-electron chi connectivity index (χ0n) is 15.0. The Morgan fingerprint density at radius 1 is 1.44 bits per heavy atom. The molecule has 0 aromatic heterocycles. The molecule has 1 aromatic rings. The Bertz CT molecular complexity index is 684. The maximum Gasteiger partial charge on any atom is 0.189 e. The summed E-state index contributed by atoms with van der Waals surface area (Å²) in [7, 11) is 1.52. The SMILES string of the molecule is CCC[C@@H]1C[C@@]2(C(C)Cc3ccc(OC)cc3F)OCOC2=CC1=O. The molecule has 0 bridgehead atoms. The van der Waals surface area contributed by atoms with Crippen LogP contribution in [0, 0.1) is 17.7 Å². The van der Waals surface area contributed by atoms with Crippen molar-refractivity contribution in [3.05, 3.63) is 41.4 Å². The van der Waals surface area contributed by atoms with E-state index in [9.17, 15) is 9.18 Å². The zero-order chi connectivity index (χ0) is 18.0. The summed E-state index contributed by atoms with van der Waals surface area (Å²) in [5, 5.41) is 0. The summed E-state index contributed by atoms with van der Waals surface area (Å²) in [5.74, 6) is 0.853. The van der Waals surface area contributed by atoms with Crippen molar-refractivity contribution in [1.82, 2.24) is 0 Å². The molecule has 1 fully saturated rings. The second-order valence-electron chi connectivity index (χ2n) is 6.96. The summed E-state index contributed by atoms with van der Waals surface area (Å²) < 4.78 is 31.0. The molecule has 0 radical (unpaired) electrons. The first-order valence-electron chi connectivity index (χ1n) is 8.85. The van der Waals surface area contributed by atoms with Crippen LogP contribution >= 0.6 is 0 Å². The molecule has 5 heteroatoms. The first-order chi connectivity index (χ1) is 12.0. The largest absolute Gasteiger partial charge is 0.497 e. The Kier molecular flexibility index (Phi) is 5.13. The zero-order valence-corrected chi connectivity index (χ0v) is 15.0. The van der Waals surface area contributed by atoms with Gasteiger partial charge in [0.05, 0.1) is 7.11 Å². The Balaban J connectivity index is 1.85. The van der Waals surface area contributed by atoms with Gasteiger partial charge in [-0.1, -0.05) is 26.3 Å². The number of allylic oxidation sites excluding steroid dienone is 1. The van der Waals surface area contributed by atoms with Crippen LogP contribution in [0.25, 0.3) is 0 Å². The van der Waals surface area contributed by atoms with Crippen LogP contribution in [0.1, 0.15) is 38.7 Å². The quantitative estimate of drug-likeness (QED) is 0.779. The standard InChI is InChI=1S/C20H25FO4/c1-4-5-15-11-20(19(10-18(15)22)24-12-25-20)13(2)8-14-6-7-16(23-3)9-17(14)21/h6-7,9-10,13,15H,4-5,8,11-12H2,1-3H3/t13?,15-,20+/m1/s1. The van der Waals surface area contributed by atoms with Crippen LogP contribution in [-0.2, 0) is 20.7 Å². The lowest BCUT2D eigenvalue weighted by Crippen LogP contribution is -2.45. The molecule has 0 saturated carbocycles. The van der Waals surface area contributed by atoms with Gasteiger partial charge in [0.1, 0.15) is 22.9 Å². The second-order valence-corrected chi connectivity index (χ2v) is 6.96. The first-order valence-corrected chi connectivity index (χ1v) is 8.85. The number of ketones is 1. The lowest BCUT2D eigenvalue weighted by Gasteiger charge is -2.38. The number of ether oxygens (including phenoxy) is 3. The highest BCUT2D eigenvalue weighted by atomic mass is 19.1. The van der Waals surface area contributed by atoms with Gasteiger partial charge in [0.15, 0.2) is 12.6 Å². The summed E-state index contributed by atoms with van der Waals surface area (Å²) >= 11 is 0. The Labute approximate surface area is 148 Å². The summed E-state index contributed by atoms with van der Waals surface area (Å²) in [4.78, 5) is 12.3. The number of halogens is 1. The van der Waals surface area contributed by atoms with Crippen LogP contribution in [0.15, 0.2) is 30.0 Å². The molecule has 1 unspecified atom stereocenters. The van der Waals surface area contributed by atoms with Crippen LogP contribution < -0.4 is 4.74 Å². The molecule has 25 heavy (non-hydrogen) atoms. The van der Waals surface area contributed by atoms with Gasteiger partial charge in [0.2, 0.25) is 0 Å². The maximum atomic E-state index is 14.3. The van der Waals surface area contributed by atoms with Gasteiger partial charge in [-0.25, -0.2) is 4.39 Å². The number of rotatable bonds is 6. The minimum atomic E-state index is -0.639. The molecule has 3 atom stereocenters. The number of carbonyl (C=O) groups is 1. The molecule has 3 rings (SSSR count). The lowest BCUT2D eigenvalue weighted by molar-refractivity contribution is -0.123. The fourth-order valence-corrected chi connectivity index (χ4v) is 3.92. The van der Waals surface area contributed by atoms with E-state index in [-0.39, 0.29) is 30.2 Å². The first kappa shape index (κ1) is 17.9. The van der Waals surface area contributed by atoms with Gasteiger partial charge in [0.25, 0.3) is 0 Å². The van der Waals surface area contributed by atoms with Crippen LogP contribution in [0.3, 0.4) is 0 Å². The van der Waals surface area contributed by atoms with E-state index in [0.29, 0.717) is 29.9 Å². The molecule has 1 aromatic carbocycles. The predicted molar refractivity (Wildman–Crippen MR) is 91.7 cm³/mol. The fraction of sp³-hybridized carbons (Fsp3) is 0.550. The number of carbonyl (C=O) groups excluding carboxylic acids is 1. The summed E-state index contributed by atoms with van der Waals surface area (Å²) in [6.45, 7) is 4.25. The number of hydrogen-bond donors (Lipinski definition) is 0. The molecule has 0 amide bonds. The van der Waals surface area contributed by atoms with Crippen molar-refractivity contribution in [2.24, 2.45) is 11.8 Å². The van der Waals surface area contributed by atoms with E-state index in [2.05, 4.69) is 6.92 Å². The van der Waals surface area contributed by atoms with E-state index in [1.165, 1.54) is 13.2 Å². The topological polar surface area (TPSA) is 44.8 Å². The van der Waals surface area contributed by atoms with Crippen LogP contribution in [0.5, 0.6) is 5.75 Å². The molecule has 1 aliphatic heterocycles. The third-order valence-electron chi connectivity index (χ3n) is 5.39. The number of benzene rings is 1. The van der Waals surface area contributed by atoms with E-state index in [1.807, 2.05) is 6.92 Å². The minimum Gasteiger partial charge on any atom is -0.497 e. The molecule has 2 aliphatic rings. The Hall–Kier alpha value is -1.88. The van der Waals surface area contributed by atoms with Gasteiger partial charge in [-0.3, -0.25) is 4.79 Å². The number of fused-ring (bicyclic) bond motifs is 1. The molecule has 1 saturated heterocycles. The molecule has 1 aliphatic carbocycles. The summed E-state index contributed by atoms with van der Waals surface area (Å²) in [5.41, 5.74) is -0.0263. The molecular formula is C20H25FO4. The highest BCUT2D eigenvalue weighted by Gasteiger charge is 2.51. The van der Waals surface area contributed by atoms with E-state index >= 15 is 0 Å². The molecular weight excluding hydrogens is 323 g/mol. The average molecular weight is 348 g/mol. The van der Waals surface area contributed by atoms with Crippen LogP contribution in [0.4, 0.5) is 4.39 Å². The van der Waals surface area contributed by atoms with E-state index in [1.54, 1.807) is 18.2 Å². The molecule has 4 nitrogen and oxygen atoms in total.